The molecule has 0 N–H and O–H groups in total. The first-order valence-corrected chi connectivity index (χ1v) is 15.8. The van der Waals surface area contributed by atoms with Crippen LogP contribution in [0, 0.1) is 0 Å². The Morgan fingerprint density at radius 1 is 0.271 bits per heavy atom. The van der Waals surface area contributed by atoms with Gasteiger partial charge < -0.3 is 0 Å². The SMILES string of the molecule is c1ccc(-c2cccc(-c3cc(-c4ccccc4)nc(-c4ccc(-c5cc(-c6ccccc6)cc(-c6ccccn6)n5)nc4)n3)c2)cc1. The zero-order valence-electron chi connectivity index (χ0n) is 26.0. The van der Waals surface area contributed by atoms with Crippen LogP contribution in [0.5, 0.6) is 0 Å². The van der Waals surface area contributed by atoms with Crippen LogP contribution in [0.15, 0.2) is 176 Å². The molecule has 8 aromatic rings. The van der Waals surface area contributed by atoms with Gasteiger partial charge in [0.2, 0.25) is 0 Å². The van der Waals surface area contributed by atoms with Gasteiger partial charge in [-0.05, 0) is 70.8 Å². The summed E-state index contributed by atoms with van der Waals surface area (Å²) in [5.74, 6) is 0.607. The van der Waals surface area contributed by atoms with Crippen molar-refractivity contribution in [2.24, 2.45) is 0 Å². The average Bonchev–Trinajstić information content (AvgIpc) is 3.19. The predicted octanol–water partition coefficient (Wildman–Crippen LogP) is 10.3. The van der Waals surface area contributed by atoms with Crippen molar-refractivity contribution >= 4 is 0 Å². The number of benzene rings is 4. The van der Waals surface area contributed by atoms with Crippen LogP contribution < -0.4 is 0 Å². The quantitative estimate of drug-likeness (QED) is 0.178. The van der Waals surface area contributed by atoms with Gasteiger partial charge in [0.1, 0.15) is 0 Å². The third-order valence-electron chi connectivity index (χ3n) is 8.21. The van der Waals surface area contributed by atoms with Crippen LogP contribution in [-0.4, -0.2) is 24.9 Å². The van der Waals surface area contributed by atoms with Crippen LogP contribution in [0.3, 0.4) is 0 Å². The molecular weight excluding hydrogens is 587 g/mol. The minimum atomic E-state index is 0.607. The van der Waals surface area contributed by atoms with E-state index in [1.807, 2.05) is 79.0 Å². The third kappa shape index (κ3) is 6.13. The maximum absolute atomic E-state index is 5.07. The number of hydrogen-bond donors (Lipinski definition) is 0. The Morgan fingerprint density at radius 3 is 1.46 bits per heavy atom. The molecule has 0 atom stereocenters. The van der Waals surface area contributed by atoms with E-state index in [0.717, 1.165) is 73.1 Å². The van der Waals surface area contributed by atoms with Crippen LogP contribution in [-0.2, 0) is 0 Å². The minimum absolute atomic E-state index is 0.607. The van der Waals surface area contributed by atoms with Gasteiger partial charge in [-0.25, -0.2) is 15.0 Å². The number of aromatic nitrogens is 5. The van der Waals surface area contributed by atoms with E-state index < -0.39 is 0 Å². The number of nitrogens with zero attached hydrogens (tertiary/aromatic N) is 5. The summed E-state index contributed by atoms with van der Waals surface area (Å²) in [4.78, 5) is 24.5. The average molecular weight is 616 g/mol. The lowest BCUT2D eigenvalue weighted by Crippen LogP contribution is -1.97. The summed E-state index contributed by atoms with van der Waals surface area (Å²) < 4.78 is 0. The first kappa shape index (κ1) is 28.9. The van der Waals surface area contributed by atoms with Crippen molar-refractivity contribution < 1.29 is 0 Å². The molecule has 48 heavy (non-hydrogen) atoms. The molecule has 4 aromatic heterocycles. The molecule has 0 amide bonds. The molecule has 0 fully saturated rings. The Kier molecular flexibility index (Phi) is 7.83. The molecule has 0 aliphatic carbocycles. The summed E-state index contributed by atoms with van der Waals surface area (Å²) in [6, 6.07) is 55.5. The van der Waals surface area contributed by atoms with Crippen LogP contribution in [0.25, 0.3) is 78.9 Å². The fraction of sp³-hybridized carbons (Fsp3) is 0. The van der Waals surface area contributed by atoms with Gasteiger partial charge in [-0.15, -0.1) is 0 Å². The summed E-state index contributed by atoms with van der Waals surface area (Å²) in [5.41, 5.74) is 12.1. The fourth-order valence-electron chi connectivity index (χ4n) is 5.75. The minimum Gasteiger partial charge on any atom is -0.255 e. The molecule has 0 aliphatic rings. The highest BCUT2D eigenvalue weighted by Crippen LogP contribution is 2.32. The first-order valence-electron chi connectivity index (χ1n) is 15.8. The van der Waals surface area contributed by atoms with Crippen molar-refractivity contribution in [1.82, 2.24) is 24.9 Å². The normalized spacial score (nSPS) is 10.9. The summed E-state index contributed by atoms with van der Waals surface area (Å²) in [5, 5.41) is 0. The molecule has 4 aromatic carbocycles. The lowest BCUT2D eigenvalue weighted by Gasteiger charge is -2.11. The van der Waals surface area contributed by atoms with Crippen molar-refractivity contribution in [3.8, 4) is 78.9 Å². The highest BCUT2D eigenvalue weighted by molar-refractivity contribution is 5.77. The Bertz CT molecular complexity index is 2250. The van der Waals surface area contributed by atoms with Crippen molar-refractivity contribution in [2.75, 3.05) is 0 Å². The standard InChI is InChI=1S/C43H29N5/c1-4-13-30(14-5-1)33-19-12-20-34(25-33)40-28-39(32-17-8-3-9-18-32)47-43(48-40)35-22-23-38(45-29-35)42-27-36(31-15-6-2-7-16-31)26-41(46-42)37-21-10-11-24-44-37/h1-29H. The van der Waals surface area contributed by atoms with E-state index in [4.69, 9.17) is 19.9 Å². The molecular formula is C43H29N5. The molecule has 0 radical (unpaired) electrons. The lowest BCUT2D eigenvalue weighted by atomic mass is 10.0. The molecule has 0 saturated heterocycles. The molecule has 0 unspecified atom stereocenters. The topological polar surface area (TPSA) is 64.5 Å². The van der Waals surface area contributed by atoms with Crippen molar-refractivity contribution in [3.63, 3.8) is 0 Å². The van der Waals surface area contributed by atoms with E-state index in [9.17, 15) is 0 Å². The highest BCUT2D eigenvalue weighted by atomic mass is 14.9. The second-order valence-electron chi connectivity index (χ2n) is 11.4. The summed E-state index contributed by atoms with van der Waals surface area (Å²) >= 11 is 0. The Morgan fingerprint density at radius 2 is 0.833 bits per heavy atom. The predicted molar refractivity (Wildman–Crippen MR) is 193 cm³/mol. The zero-order valence-corrected chi connectivity index (χ0v) is 26.0. The molecule has 226 valence electrons. The fourth-order valence-corrected chi connectivity index (χ4v) is 5.75. The van der Waals surface area contributed by atoms with Gasteiger partial charge in [-0.2, -0.15) is 0 Å². The van der Waals surface area contributed by atoms with Crippen LogP contribution >= 0.6 is 0 Å². The Balaban J connectivity index is 1.20. The number of hydrogen-bond acceptors (Lipinski definition) is 5. The molecule has 0 saturated carbocycles. The molecule has 0 bridgehead atoms. The molecule has 4 heterocycles. The Labute approximate surface area is 279 Å². The van der Waals surface area contributed by atoms with Crippen LogP contribution in [0.2, 0.25) is 0 Å². The first-order chi connectivity index (χ1) is 23.8. The monoisotopic (exact) mass is 615 g/mol. The van der Waals surface area contributed by atoms with Crippen molar-refractivity contribution in [1.29, 1.82) is 0 Å². The zero-order chi connectivity index (χ0) is 32.1. The molecule has 5 heteroatoms. The van der Waals surface area contributed by atoms with E-state index in [2.05, 4.69) is 96.0 Å². The molecule has 0 spiro atoms. The van der Waals surface area contributed by atoms with E-state index in [-0.39, 0.29) is 0 Å². The maximum Gasteiger partial charge on any atom is 0.161 e. The second kappa shape index (κ2) is 13.0. The van der Waals surface area contributed by atoms with E-state index in [1.54, 1.807) is 6.20 Å². The maximum atomic E-state index is 5.07. The largest absolute Gasteiger partial charge is 0.255 e. The van der Waals surface area contributed by atoms with E-state index >= 15 is 0 Å². The Hall–Kier alpha value is -6.59. The molecule has 0 aliphatic heterocycles. The number of pyridine rings is 3. The molecule has 5 nitrogen and oxygen atoms in total. The highest BCUT2D eigenvalue weighted by Gasteiger charge is 2.14. The van der Waals surface area contributed by atoms with Gasteiger partial charge >= 0.3 is 0 Å². The van der Waals surface area contributed by atoms with Crippen LogP contribution in [0.4, 0.5) is 0 Å². The lowest BCUT2D eigenvalue weighted by molar-refractivity contribution is 1.17. The van der Waals surface area contributed by atoms with E-state index in [1.165, 1.54) is 0 Å². The summed E-state index contributed by atoms with van der Waals surface area (Å²) in [6.07, 6.45) is 3.62. The molecule has 8 rings (SSSR count). The van der Waals surface area contributed by atoms with Crippen molar-refractivity contribution in [3.05, 3.63) is 176 Å². The smallest absolute Gasteiger partial charge is 0.161 e. The van der Waals surface area contributed by atoms with Gasteiger partial charge in [-0.3, -0.25) is 9.97 Å². The van der Waals surface area contributed by atoms with E-state index in [0.29, 0.717) is 5.82 Å². The van der Waals surface area contributed by atoms with Gasteiger partial charge in [0, 0.05) is 29.1 Å². The third-order valence-corrected chi connectivity index (χ3v) is 8.21. The van der Waals surface area contributed by atoms with Crippen molar-refractivity contribution in [2.45, 2.75) is 0 Å². The van der Waals surface area contributed by atoms with Gasteiger partial charge in [-0.1, -0.05) is 115 Å². The van der Waals surface area contributed by atoms with Crippen LogP contribution in [0.1, 0.15) is 0 Å². The van der Waals surface area contributed by atoms with Gasteiger partial charge in [0.25, 0.3) is 0 Å². The summed E-state index contributed by atoms with van der Waals surface area (Å²) in [6.45, 7) is 0. The summed E-state index contributed by atoms with van der Waals surface area (Å²) in [7, 11) is 0. The van der Waals surface area contributed by atoms with Gasteiger partial charge in [0.05, 0.1) is 34.2 Å². The second-order valence-corrected chi connectivity index (χ2v) is 11.4. The van der Waals surface area contributed by atoms with Gasteiger partial charge in [0.15, 0.2) is 5.82 Å². The number of rotatable bonds is 7.